The van der Waals surface area contributed by atoms with E-state index in [-0.39, 0.29) is 30.9 Å². The summed E-state index contributed by atoms with van der Waals surface area (Å²) in [5.41, 5.74) is 0.645. The zero-order valence-electron chi connectivity index (χ0n) is 21.9. The van der Waals surface area contributed by atoms with E-state index in [2.05, 4.69) is 16.4 Å². The number of ether oxygens (including phenoxy) is 2. The Morgan fingerprint density at radius 1 is 1.18 bits per heavy atom. The molecule has 2 aromatic rings. The molecule has 0 unspecified atom stereocenters. The van der Waals surface area contributed by atoms with Crippen LogP contribution in [0, 0.1) is 11.3 Å². The number of cyclic esters (lactones) is 1. The highest BCUT2D eigenvalue weighted by Gasteiger charge is 2.45. The standard InChI is InChI=1S/C29H35N3O6/c1-29(2)12-5-6-18-9-10-19-11-13-30-25(22(19)14-18)38-21-15-23(27(34)35)32(16-21)26(33)24(20-7-3-4-8-20)31-28(36)37-17-29/h5-6,9-11,13-14,20-21,23-24H,3-4,7-8,12,15-17H2,1-2H3,(H,31,36)(H,34,35)/b6-5-/t21-,23+,24+/m1/s1. The molecule has 0 spiro atoms. The second-order valence-corrected chi connectivity index (χ2v) is 11.4. The number of nitrogens with one attached hydrogen (secondary N) is 1. The van der Waals surface area contributed by atoms with Crippen LogP contribution in [-0.4, -0.2) is 64.3 Å². The van der Waals surface area contributed by atoms with E-state index in [0.29, 0.717) is 12.3 Å². The summed E-state index contributed by atoms with van der Waals surface area (Å²) >= 11 is 0. The van der Waals surface area contributed by atoms with Crippen molar-refractivity contribution in [1.29, 1.82) is 0 Å². The van der Waals surface area contributed by atoms with Crippen LogP contribution in [0.5, 0.6) is 5.88 Å². The molecule has 1 aliphatic carbocycles. The van der Waals surface area contributed by atoms with Crippen molar-refractivity contribution in [2.45, 2.75) is 70.6 Å². The first-order chi connectivity index (χ1) is 18.2. The van der Waals surface area contributed by atoms with Crippen LogP contribution in [0.2, 0.25) is 0 Å². The Hall–Kier alpha value is -3.62. The van der Waals surface area contributed by atoms with Gasteiger partial charge in [-0.25, -0.2) is 14.6 Å². The van der Waals surface area contributed by atoms with Crippen molar-refractivity contribution >= 4 is 34.8 Å². The third kappa shape index (κ3) is 5.61. The van der Waals surface area contributed by atoms with E-state index in [1.54, 1.807) is 6.20 Å². The van der Waals surface area contributed by atoms with Crippen LogP contribution in [0.4, 0.5) is 4.79 Å². The number of aliphatic carboxylic acids is 1. The van der Waals surface area contributed by atoms with Gasteiger partial charge in [-0.2, -0.15) is 0 Å². The first-order valence-corrected chi connectivity index (χ1v) is 13.4. The Balaban J connectivity index is 1.52. The molecular formula is C29H35N3O6. The van der Waals surface area contributed by atoms with Crippen molar-refractivity contribution < 1.29 is 29.0 Å². The monoisotopic (exact) mass is 521 g/mol. The van der Waals surface area contributed by atoms with Crippen LogP contribution in [-0.2, 0) is 14.3 Å². The van der Waals surface area contributed by atoms with E-state index in [9.17, 15) is 19.5 Å². The molecule has 2 amide bonds. The number of carboxylic acid groups (broad SMARTS) is 1. The van der Waals surface area contributed by atoms with Gasteiger partial charge < -0.3 is 24.8 Å². The number of benzene rings is 1. The number of amides is 2. The van der Waals surface area contributed by atoms with Crippen LogP contribution < -0.4 is 10.1 Å². The molecule has 2 N–H and O–H groups in total. The van der Waals surface area contributed by atoms with Crippen molar-refractivity contribution in [3.05, 3.63) is 42.1 Å². The highest BCUT2D eigenvalue weighted by atomic mass is 16.5. The van der Waals surface area contributed by atoms with Gasteiger partial charge in [-0.3, -0.25) is 4.79 Å². The Bertz CT molecular complexity index is 1250. The molecule has 3 aliphatic rings. The molecular weight excluding hydrogens is 486 g/mol. The van der Waals surface area contributed by atoms with Crippen molar-refractivity contribution in [3.8, 4) is 5.88 Å². The van der Waals surface area contributed by atoms with Crippen LogP contribution in [0.1, 0.15) is 57.9 Å². The molecule has 2 aliphatic heterocycles. The van der Waals surface area contributed by atoms with Crippen molar-refractivity contribution in [2.24, 2.45) is 11.3 Å². The zero-order chi connectivity index (χ0) is 26.9. The van der Waals surface area contributed by atoms with Crippen molar-refractivity contribution in [1.82, 2.24) is 15.2 Å². The molecule has 1 aromatic heterocycles. The average molecular weight is 522 g/mol. The number of rotatable bonds is 2. The summed E-state index contributed by atoms with van der Waals surface area (Å²) in [6.07, 6.45) is 8.86. The van der Waals surface area contributed by atoms with Crippen molar-refractivity contribution in [3.63, 3.8) is 0 Å². The van der Waals surface area contributed by atoms with E-state index in [1.165, 1.54) is 4.90 Å². The molecule has 3 heterocycles. The second kappa shape index (κ2) is 10.6. The molecule has 3 atom stereocenters. The van der Waals surface area contributed by atoms with Gasteiger partial charge in [0.2, 0.25) is 11.8 Å². The first-order valence-electron chi connectivity index (χ1n) is 13.4. The number of alkyl carbamates (subject to hydrolysis) is 1. The number of nitrogens with zero attached hydrogens (tertiary/aromatic N) is 2. The summed E-state index contributed by atoms with van der Waals surface area (Å²) in [6, 6.07) is 6.02. The smallest absolute Gasteiger partial charge is 0.407 e. The molecule has 38 heavy (non-hydrogen) atoms. The maximum absolute atomic E-state index is 13.8. The fraction of sp³-hybridized carbons (Fsp3) is 0.517. The number of carbonyl (C=O) groups excluding carboxylic acids is 2. The molecule has 1 aromatic carbocycles. The van der Waals surface area contributed by atoms with Crippen molar-refractivity contribution in [2.75, 3.05) is 13.2 Å². The van der Waals surface area contributed by atoms with Gasteiger partial charge >= 0.3 is 12.1 Å². The summed E-state index contributed by atoms with van der Waals surface area (Å²) < 4.78 is 11.8. The Morgan fingerprint density at radius 3 is 2.74 bits per heavy atom. The van der Waals surface area contributed by atoms with Gasteiger partial charge in [0.1, 0.15) is 18.2 Å². The van der Waals surface area contributed by atoms with Crippen LogP contribution in [0.25, 0.3) is 16.8 Å². The normalized spacial score (nSPS) is 27.3. The lowest BCUT2D eigenvalue weighted by molar-refractivity contribution is -0.149. The zero-order valence-corrected chi connectivity index (χ0v) is 21.9. The number of carboxylic acids is 1. The number of fused-ring (bicyclic) bond motifs is 3. The van der Waals surface area contributed by atoms with Gasteiger partial charge in [0.05, 0.1) is 13.2 Å². The van der Waals surface area contributed by atoms with Crippen LogP contribution in [0.3, 0.4) is 0 Å². The lowest BCUT2D eigenvalue weighted by Crippen LogP contribution is -2.54. The number of aromatic nitrogens is 1. The predicted octanol–water partition coefficient (Wildman–Crippen LogP) is 4.40. The minimum atomic E-state index is -1.09. The number of pyridine rings is 1. The topological polar surface area (TPSA) is 118 Å². The van der Waals surface area contributed by atoms with Crippen LogP contribution >= 0.6 is 0 Å². The number of hydrogen-bond acceptors (Lipinski definition) is 6. The maximum atomic E-state index is 13.8. The van der Waals surface area contributed by atoms with E-state index in [1.807, 2.05) is 44.2 Å². The van der Waals surface area contributed by atoms with E-state index in [4.69, 9.17) is 9.47 Å². The van der Waals surface area contributed by atoms with Gasteiger partial charge in [0.25, 0.3) is 0 Å². The third-order valence-corrected chi connectivity index (χ3v) is 7.85. The van der Waals surface area contributed by atoms with Gasteiger partial charge in [-0.1, -0.05) is 51.0 Å². The third-order valence-electron chi connectivity index (χ3n) is 7.85. The minimum Gasteiger partial charge on any atom is -0.480 e. The molecule has 1 saturated carbocycles. The quantitative estimate of drug-likeness (QED) is 0.602. The lowest BCUT2D eigenvalue weighted by atomic mass is 9.90. The first kappa shape index (κ1) is 26.0. The Labute approximate surface area is 222 Å². The van der Waals surface area contributed by atoms with Crippen LogP contribution in [0.15, 0.2) is 36.5 Å². The minimum absolute atomic E-state index is 0.0656. The summed E-state index contributed by atoms with van der Waals surface area (Å²) in [5.74, 6) is -1.15. The van der Waals surface area contributed by atoms with Gasteiger partial charge in [0, 0.05) is 23.4 Å². The summed E-state index contributed by atoms with van der Waals surface area (Å²) in [6.45, 7) is 4.31. The fourth-order valence-corrected chi connectivity index (χ4v) is 5.73. The summed E-state index contributed by atoms with van der Waals surface area (Å²) in [4.78, 5) is 44.7. The molecule has 202 valence electrons. The number of allylic oxidation sites excluding steroid dienone is 1. The highest BCUT2D eigenvalue weighted by Crippen LogP contribution is 2.33. The average Bonchev–Trinajstić information content (AvgIpc) is 3.56. The van der Waals surface area contributed by atoms with Gasteiger partial charge in [-0.15, -0.1) is 0 Å². The highest BCUT2D eigenvalue weighted by molar-refractivity contribution is 5.91. The van der Waals surface area contributed by atoms with Gasteiger partial charge in [-0.05, 0) is 48.3 Å². The molecule has 5 rings (SSSR count). The van der Waals surface area contributed by atoms with E-state index < -0.39 is 36.2 Å². The summed E-state index contributed by atoms with van der Waals surface area (Å²) in [5, 5.41) is 14.6. The number of carbonyl (C=O) groups is 3. The Kier molecular flexibility index (Phi) is 7.27. The lowest BCUT2D eigenvalue weighted by Gasteiger charge is -2.30. The fourth-order valence-electron chi connectivity index (χ4n) is 5.73. The largest absolute Gasteiger partial charge is 0.480 e. The molecule has 2 fully saturated rings. The molecule has 1 saturated heterocycles. The molecule has 9 heteroatoms. The maximum Gasteiger partial charge on any atom is 0.407 e. The SMILES string of the molecule is CC1(C)C/C=C\c2ccc3ccnc(c3c2)O[C@@H]2C[C@@H](C(=O)O)N(C2)C(=O)[C@H](C2CCCC2)NC(=O)OC1. The molecule has 0 radical (unpaired) electrons. The summed E-state index contributed by atoms with van der Waals surface area (Å²) in [7, 11) is 0. The number of hydrogen-bond donors (Lipinski definition) is 2. The Morgan fingerprint density at radius 2 is 1.97 bits per heavy atom. The molecule has 9 nitrogen and oxygen atoms in total. The predicted molar refractivity (Wildman–Crippen MR) is 142 cm³/mol. The second-order valence-electron chi connectivity index (χ2n) is 11.4. The van der Waals surface area contributed by atoms with E-state index in [0.717, 1.165) is 42.0 Å². The van der Waals surface area contributed by atoms with E-state index >= 15 is 0 Å². The van der Waals surface area contributed by atoms with Gasteiger partial charge in [0.15, 0.2) is 0 Å². The molecule has 4 bridgehead atoms.